The van der Waals surface area contributed by atoms with Crippen LogP contribution in [0.3, 0.4) is 0 Å². The van der Waals surface area contributed by atoms with Gasteiger partial charge >= 0.3 is 0 Å². The number of aromatic nitrogens is 3. The highest BCUT2D eigenvalue weighted by molar-refractivity contribution is 7.99. The van der Waals surface area contributed by atoms with Gasteiger partial charge in [0.2, 0.25) is 0 Å². The summed E-state index contributed by atoms with van der Waals surface area (Å²) in [5.74, 6) is 1.90. The van der Waals surface area contributed by atoms with E-state index >= 15 is 0 Å². The van der Waals surface area contributed by atoms with Crippen LogP contribution in [0.5, 0.6) is 0 Å². The normalized spacial score (nSPS) is 12.6. The Labute approximate surface area is 366 Å². The van der Waals surface area contributed by atoms with Crippen LogP contribution in [0.2, 0.25) is 0 Å². The first-order chi connectivity index (χ1) is 30.7. The van der Waals surface area contributed by atoms with E-state index < -0.39 is 5.41 Å². The van der Waals surface area contributed by atoms with E-state index in [9.17, 15) is 0 Å². The van der Waals surface area contributed by atoms with Gasteiger partial charge in [-0.15, -0.1) is 0 Å². The van der Waals surface area contributed by atoms with Crippen LogP contribution in [0.4, 0.5) is 0 Å². The fourth-order valence-electron chi connectivity index (χ4n) is 8.92. The Morgan fingerprint density at radius 3 is 1.18 bits per heavy atom. The molecule has 0 unspecified atom stereocenters. The first-order valence-electron chi connectivity index (χ1n) is 20.9. The largest absolute Gasteiger partial charge is 0.208 e. The van der Waals surface area contributed by atoms with Gasteiger partial charge < -0.3 is 0 Å². The van der Waals surface area contributed by atoms with Crippen molar-refractivity contribution in [2.24, 2.45) is 0 Å². The molecule has 62 heavy (non-hydrogen) atoms. The Hall–Kier alpha value is -7.66. The highest BCUT2D eigenvalue weighted by Gasteiger charge is 2.44. The second-order valence-electron chi connectivity index (χ2n) is 15.6. The summed E-state index contributed by atoms with van der Waals surface area (Å²) in [6.07, 6.45) is 0. The predicted molar refractivity (Wildman–Crippen MR) is 255 cm³/mol. The first kappa shape index (κ1) is 37.3. The fraction of sp³-hybridized carbons (Fsp3) is 0.0172. The number of benzene rings is 9. The molecule has 2 heterocycles. The maximum absolute atomic E-state index is 5.13. The Bertz CT molecular complexity index is 3160. The van der Waals surface area contributed by atoms with Crippen LogP contribution in [-0.4, -0.2) is 15.0 Å². The molecule has 11 rings (SSSR count). The van der Waals surface area contributed by atoms with Crippen molar-refractivity contribution in [2.75, 3.05) is 0 Å². The first-order valence-corrected chi connectivity index (χ1v) is 21.7. The topological polar surface area (TPSA) is 38.7 Å². The summed E-state index contributed by atoms with van der Waals surface area (Å²) in [5.41, 5.74) is 14.2. The molecule has 1 aliphatic heterocycles. The molecule has 292 valence electrons. The molecule has 1 aliphatic rings. The Balaban J connectivity index is 1.01. The van der Waals surface area contributed by atoms with Crippen molar-refractivity contribution in [3.05, 3.63) is 259 Å². The summed E-state index contributed by atoms with van der Waals surface area (Å²) in [5, 5.41) is 0. The average molecular weight is 810 g/mol. The van der Waals surface area contributed by atoms with Gasteiger partial charge in [-0.25, -0.2) is 15.0 Å². The summed E-state index contributed by atoms with van der Waals surface area (Å²) in [6, 6.07) is 84.3. The monoisotopic (exact) mass is 809 g/mol. The molecule has 3 nitrogen and oxygen atoms in total. The second-order valence-corrected chi connectivity index (χ2v) is 16.7. The Kier molecular flexibility index (Phi) is 9.68. The van der Waals surface area contributed by atoms with Crippen molar-refractivity contribution in [3.8, 4) is 67.5 Å². The third-order valence-corrected chi connectivity index (χ3v) is 13.0. The lowest BCUT2D eigenvalue weighted by Crippen LogP contribution is -2.34. The number of rotatable bonds is 8. The lowest BCUT2D eigenvalue weighted by molar-refractivity contribution is 0.703. The average Bonchev–Trinajstić information content (AvgIpc) is 3.36. The van der Waals surface area contributed by atoms with E-state index in [0.717, 1.165) is 44.5 Å². The van der Waals surface area contributed by atoms with Crippen LogP contribution in [0.15, 0.2) is 246 Å². The zero-order valence-corrected chi connectivity index (χ0v) is 34.6. The molecule has 0 atom stereocenters. The molecule has 0 N–H and O–H groups in total. The Morgan fingerprint density at radius 1 is 0.258 bits per heavy atom. The summed E-state index contributed by atoms with van der Waals surface area (Å²) in [4.78, 5) is 17.8. The van der Waals surface area contributed by atoms with Crippen molar-refractivity contribution in [2.45, 2.75) is 15.2 Å². The minimum absolute atomic E-state index is 0.494. The maximum Gasteiger partial charge on any atom is 0.164 e. The van der Waals surface area contributed by atoms with Crippen molar-refractivity contribution in [1.82, 2.24) is 15.0 Å². The number of nitrogens with zero attached hydrogens (tertiary/aromatic N) is 3. The van der Waals surface area contributed by atoms with Crippen LogP contribution in [0.25, 0.3) is 67.5 Å². The molecule has 0 saturated carbocycles. The third-order valence-electron chi connectivity index (χ3n) is 11.9. The van der Waals surface area contributed by atoms with E-state index in [1.54, 1.807) is 0 Å². The fourth-order valence-corrected chi connectivity index (χ4v) is 10.1. The van der Waals surface area contributed by atoms with Crippen LogP contribution in [0, 0.1) is 0 Å². The zero-order valence-electron chi connectivity index (χ0n) is 33.8. The molecule has 0 aliphatic carbocycles. The summed E-state index contributed by atoms with van der Waals surface area (Å²) in [7, 11) is 0. The van der Waals surface area contributed by atoms with Gasteiger partial charge in [0.25, 0.3) is 0 Å². The molecule has 0 fully saturated rings. The van der Waals surface area contributed by atoms with Crippen LogP contribution < -0.4 is 0 Å². The maximum atomic E-state index is 5.13. The van der Waals surface area contributed by atoms with E-state index in [-0.39, 0.29) is 0 Å². The van der Waals surface area contributed by atoms with E-state index in [1.807, 2.05) is 48.2 Å². The molecule has 10 aromatic rings. The van der Waals surface area contributed by atoms with Gasteiger partial charge in [-0.2, -0.15) is 0 Å². The van der Waals surface area contributed by atoms with Gasteiger partial charge in [-0.1, -0.05) is 212 Å². The Morgan fingerprint density at radius 2 is 0.629 bits per heavy atom. The number of hydrogen-bond acceptors (Lipinski definition) is 4. The highest BCUT2D eigenvalue weighted by Crippen LogP contribution is 2.56. The zero-order chi connectivity index (χ0) is 41.3. The molecule has 0 bridgehead atoms. The SMILES string of the molecule is c1ccc(-c2cccc(-c3nc(-c4ccccc4)nc(-c4cccc(-c5cccc(-c6ccc7c(c6)C(c6ccccc6)(c6ccccc6)c6ccccc6S7)c5)c4)n3)c2)cc1. The quantitative estimate of drug-likeness (QED) is 0.153. The van der Waals surface area contributed by atoms with Crippen LogP contribution >= 0.6 is 11.8 Å². The van der Waals surface area contributed by atoms with E-state index in [0.29, 0.717) is 17.5 Å². The van der Waals surface area contributed by atoms with Gasteiger partial charge in [-0.05, 0) is 92.0 Å². The lowest BCUT2D eigenvalue weighted by atomic mass is 9.64. The predicted octanol–water partition coefficient (Wildman–Crippen LogP) is 14.7. The van der Waals surface area contributed by atoms with Crippen molar-refractivity contribution >= 4 is 11.8 Å². The molecule has 0 amide bonds. The van der Waals surface area contributed by atoms with E-state index in [4.69, 9.17) is 15.0 Å². The molecular formula is C58H39N3S. The standard InChI is InChI=1S/C58H39N3S/c1-5-18-40(19-6-1)42-22-16-26-47(37-42)56-59-55(41-20-7-2-8-21-41)60-57(61-56)48-27-17-25-45(38-48)43-23-15-24-44(36-43)46-34-35-54-52(39-46)58(49-28-9-3-10-29-49,50-30-11-4-12-31-50)51-32-13-14-33-53(51)62-54/h1-39H. The minimum atomic E-state index is -0.494. The molecule has 9 aromatic carbocycles. The van der Waals surface area contributed by atoms with Crippen molar-refractivity contribution in [1.29, 1.82) is 0 Å². The molecular weight excluding hydrogens is 771 g/mol. The smallest absolute Gasteiger partial charge is 0.164 e. The van der Waals surface area contributed by atoms with E-state index in [2.05, 4.69) is 200 Å². The summed E-state index contributed by atoms with van der Waals surface area (Å²) < 4.78 is 0. The lowest BCUT2D eigenvalue weighted by Gasteiger charge is -2.42. The highest BCUT2D eigenvalue weighted by atomic mass is 32.2. The number of hydrogen-bond donors (Lipinski definition) is 0. The molecule has 4 heteroatoms. The van der Waals surface area contributed by atoms with Crippen molar-refractivity contribution < 1.29 is 0 Å². The van der Waals surface area contributed by atoms with Gasteiger partial charge in [0.05, 0.1) is 5.41 Å². The van der Waals surface area contributed by atoms with Gasteiger partial charge in [0, 0.05) is 26.5 Å². The minimum Gasteiger partial charge on any atom is -0.208 e. The van der Waals surface area contributed by atoms with Gasteiger partial charge in [-0.3, -0.25) is 0 Å². The summed E-state index contributed by atoms with van der Waals surface area (Å²) in [6.45, 7) is 0. The van der Waals surface area contributed by atoms with Crippen molar-refractivity contribution in [3.63, 3.8) is 0 Å². The summed E-state index contributed by atoms with van der Waals surface area (Å²) >= 11 is 1.86. The second kappa shape index (κ2) is 16.1. The molecule has 0 saturated heterocycles. The third kappa shape index (κ3) is 6.81. The molecule has 0 radical (unpaired) electrons. The number of fused-ring (bicyclic) bond motifs is 2. The van der Waals surface area contributed by atoms with Gasteiger partial charge in [0.15, 0.2) is 17.5 Å². The molecule has 1 aromatic heterocycles. The van der Waals surface area contributed by atoms with E-state index in [1.165, 1.54) is 37.6 Å². The van der Waals surface area contributed by atoms with Gasteiger partial charge in [0.1, 0.15) is 0 Å². The van der Waals surface area contributed by atoms with Crippen LogP contribution in [-0.2, 0) is 5.41 Å². The molecule has 0 spiro atoms. The van der Waals surface area contributed by atoms with Crippen LogP contribution in [0.1, 0.15) is 22.3 Å².